The summed E-state index contributed by atoms with van der Waals surface area (Å²) in [5, 5.41) is 9.04. The second-order valence-corrected chi connectivity index (χ2v) is 4.60. The van der Waals surface area contributed by atoms with Gasteiger partial charge in [0, 0.05) is 0 Å². The van der Waals surface area contributed by atoms with Gasteiger partial charge in [0.05, 0.1) is 12.3 Å². The van der Waals surface area contributed by atoms with Crippen molar-refractivity contribution in [2.75, 3.05) is 12.3 Å². The highest BCUT2D eigenvalue weighted by Gasteiger charge is 2.21. The number of hydrogen-bond acceptors (Lipinski definition) is 3. The van der Waals surface area contributed by atoms with Crippen LogP contribution < -0.4 is 10.5 Å². The standard InChI is InChI=1S/C13H16FNO3/c14-9-5-6-10(11(12(9)15)13(16)17)18-7-8-3-1-2-4-8/h5-6,8H,1-4,7,15H2,(H,16,17). The third-order valence-corrected chi connectivity index (χ3v) is 3.32. The first-order valence-corrected chi connectivity index (χ1v) is 6.03. The van der Waals surface area contributed by atoms with E-state index in [-0.39, 0.29) is 17.0 Å². The van der Waals surface area contributed by atoms with E-state index in [0.29, 0.717) is 12.5 Å². The van der Waals surface area contributed by atoms with Crippen molar-refractivity contribution in [3.05, 3.63) is 23.5 Å². The molecule has 98 valence electrons. The maximum absolute atomic E-state index is 13.2. The minimum Gasteiger partial charge on any atom is -0.492 e. The fourth-order valence-corrected chi connectivity index (χ4v) is 2.30. The summed E-state index contributed by atoms with van der Waals surface area (Å²) < 4.78 is 18.7. The first-order valence-electron chi connectivity index (χ1n) is 6.03. The van der Waals surface area contributed by atoms with E-state index >= 15 is 0 Å². The van der Waals surface area contributed by atoms with Crippen molar-refractivity contribution < 1.29 is 19.0 Å². The fourth-order valence-electron chi connectivity index (χ4n) is 2.30. The molecule has 3 N–H and O–H groups in total. The summed E-state index contributed by atoms with van der Waals surface area (Å²) in [6.07, 6.45) is 4.56. The van der Waals surface area contributed by atoms with Crippen LogP contribution >= 0.6 is 0 Å². The molecule has 1 aromatic rings. The summed E-state index contributed by atoms with van der Waals surface area (Å²) in [4.78, 5) is 11.1. The maximum atomic E-state index is 13.2. The third-order valence-electron chi connectivity index (χ3n) is 3.32. The fraction of sp³-hybridized carbons (Fsp3) is 0.462. The number of nitrogens with two attached hydrogens (primary N) is 1. The number of benzene rings is 1. The van der Waals surface area contributed by atoms with Gasteiger partial charge in [0.25, 0.3) is 0 Å². The molecule has 1 fully saturated rings. The number of ether oxygens (including phenoxy) is 1. The molecular weight excluding hydrogens is 237 g/mol. The lowest BCUT2D eigenvalue weighted by atomic mass is 10.1. The first kappa shape index (κ1) is 12.7. The van der Waals surface area contributed by atoms with Gasteiger partial charge in [0.15, 0.2) is 0 Å². The lowest BCUT2D eigenvalue weighted by Crippen LogP contribution is -2.13. The Kier molecular flexibility index (Phi) is 3.69. The molecule has 0 amide bonds. The quantitative estimate of drug-likeness (QED) is 0.809. The monoisotopic (exact) mass is 253 g/mol. The van der Waals surface area contributed by atoms with Gasteiger partial charge >= 0.3 is 5.97 Å². The summed E-state index contributed by atoms with van der Waals surface area (Å²) >= 11 is 0. The highest BCUT2D eigenvalue weighted by molar-refractivity contribution is 5.96. The second kappa shape index (κ2) is 5.25. The molecule has 0 aliphatic heterocycles. The number of hydrogen-bond donors (Lipinski definition) is 2. The molecule has 0 unspecified atom stereocenters. The van der Waals surface area contributed by atoms with Gasteiger partial charge in [0.2, 0.25) is 0 Å². The number of aromatic carboxylic acids is 1. The number of carboxylic acid groups (broad SMARTS) is 1. The Morgan fingerprint density at radius 1 is 1.44 bits per heavy atom. The minimum absolute atomic E-state index is 0.147. The van der Waals surface area contributed by atoms with Crippen molar-refractivity contribution in [2.24, 2.45) is 5.92 Å². The Balaban J connectivity index is 2.16. The predicted molar refractivity (Wildman–Crippen MR) is 65.2 cm³/mol. The van der Waals surface area contributed by atoms with Crippen LogP contribution in [0.1, 0.15) is 36.0 Å². The lowest BCUT2D eigenvalue weighted by Gasteiger charge is -2.14. The molecule has 1 aliphatic rings. The zero-order valence-corrected chi connectivity index (χ0v) is 9.99. The van der Waals surface area contributed by atoms with Gasteiger partial charge in [0.1, 0.15) is 17.1 Å². The van der Waals surface area contributed by atoms with Crippen LogP contribution in [0, 0.1) is 11.7 Å². The molecule has 2 rings (SSSR count). The summed E-state index contributed by atoms with van der Waals surface area (Å²) in [5.74, 6) is -1.40. The summed E-state index contributed by atoms with van der Waals surface area (Å²) in [6.45, 7) is 0.464. The predicted octanol–water partition coefficient (Wildman–Crippen LogP) is 2.68. The Morgan fingerprint density at radius 2 is 2.11 bits per heavy atom. The molecule has 5 heteroatoms. The highest BCUT2D eigenvalue weighted by Crippen LogP contribution is 2.30. The molecule has 0 heterocycles. The number of carbonyl (C=O) groups is 1. The molecule has 0 atom stereocenters. The molecule has 1 aromatic carbocycles. The van der Waals surface area contributed by atoms with E-state index in [9.17, 15) is 9.18 Å². The molecule has 4 nitrogen and oxygen atoms in total. The largest absolute Gasteiger partial charge is 0.492 e. The van der Waals surface area contributed by atoms with Crippen molar-refractivity contribution in [1.29, 1.82) is 0 Å². The van der Waals surface area contributed by atoms with E-state index in [1.807, 2.05) is 0 Å². The smallest absolute Gasteiger partial charge is 0.341 e. The van der Waals surface area contributed by atoms with Gasteiger partial charge in [-0.15, -0.1) is 0 Å². The van der Waals surface area contributed by atoms with E-state index in [1.165, 1.54) is 18.9 Å². The summed E-state index contributed by atoms with van der Waals surface area (Å²) in [5.41, 5.74) is 4.78. The van der Waals surface area contributed by atoms with E-state index < -0.39 is 11.8 Å². The van der Waals surface area contributed by atoms with E-state index in [2.05, 4.69) is 0 Å². The molecule has 0 radical (unpaired) electrons. The average Bonchev–Trinajstić information content (AvgIpc) is 2.83. The van der Waals surface area contributed by atoms with Gasteiger partial charge in [-0.2, -0.15) is 0 Å². The van der Waals surface area contributed by atoms with Gasteiger partial charge in [-0.1, -0.05) is 12.8 Å². The number of anilines is 1. The van der Waals surface area contributed by atoms with Crippen LogP contribution in [0.4, 0.5) is 10.1 Å². The first-order chi connectivity index (χ1) is 8.59. The Labute approximate surface area is 105 Å². The summed E-state index contributed by atoms with van der Waals surface area (Å²) in [6, 6.07) is 2.45. The summed E-state index contributed by atoms with van der Waals surface area (Å²) in [7, 11) is 0. The van der Waals surface area contributed by atoms with Crippen LogP contribution in [0.25, 0.3) is 0 Å². The molecule has 0 bridgehead atoms. The Bertz CT molecular complexity index is 456. The van der Waals surface area contributed by atoms with Gasteiger partial charge in [-0.25, -0.2) is 9.18 Å². The molecule has 18 heavy (non-hydrogen) atoms. The molecular formula is C13H16FNO3. The zero-order chi connectivity index (χ0) is 13.1. The maximum Gasteiger partial charge on any atom is 0.341 e. The van der Waals surface area contributed by atoms with Crippen molar-refractivity contribution >= 4 is 11.7 Å². The van der Waals surface area contributed by atoms with Crippen molar-refractivity contribution in [2.45, 2.75) is 25.7 Å². The molecule has 1 aliphatic carbocycles. The van der Waals surface area contributed by atoms with Crippen molar-refractivity contribution in [1.82, 2.24) is 0 Å². The molecule has 0 aromatic heterocycles. The lowest BCUT2D eigenvalue weighted by molar-refractivity contribution is 0.0692. The molecule has 0 spiro atoms. The number of nitrogen functional groups attached to an aromatic ring is 1. The van der Waals surface area contributed by atoms with E-state index in [1.54, 1.807) is 0 Å². The van der Waals surface area contributed by atoms with Crippen LogP contribution in [0.3, 0.4) is 0 Å². The van der Waals surface area contributed by atoms with E-state index in [4.69, 9.17) is 15.6 Å². The molecule has 1 saturated carbocycles. The van der Waals surface area contributed by atoms with Crippen molar-refractivity contribution in [3.8, 4) is 5.75 Å². The van der Waals surface area contributed by atoms with Gasteiger partial charge < -0.3 is 15.6 Å². The minimum atomic E-state index is -1.27. The second-order valence-electron chi connectivity index (χ2n) is 4.60. The van der Waals surface area contributed by atoms with Crippen molar-refractivity contribution in [3.63, 3.8) is 0 Å². The van der Waals surface area contributed by atoms with E-state index in [0.717, 1.165) is 18.9 Å². The van der Waals surface area contributed by atoms with Crippen LogP contribution in [0.2, 0.25) is 0 Å². The van der Waals surface area contributed by atoms with Gasteiger partial charge in [-0.05, 0) is 30.9 Å². The molecule has 0 saturated heterocycles. The topological polar surface area (TPSA) is 72.5 Å². The third kappa shape index (κ3) is 2.55. The number of carboxylic acids is 1. The van der Waals surface area contributed by atoms with Gasteiger partial charge in [-0.3, -0.25) is 0 Å². The Hall–Kier alpha value is -1.78. The van der Waals surface area contributed by atoms with Crippen LogP contribution in [-0.4, -0.2) is 17.7 Å². The number of halogens is 1. The normalized spacial score (nSPS) is 15.8. The highest BCUT2D eigenvalue weighted by atomic mass is 19.1. The van der Waals surface area contributed by atoms with Crippen LogP contribution in [0.5, 0.6) is 5.75 Å². The zero-order valence-electron chi connectivity index (χ0n) is 9.99. The Morgan fingerprint density at radius 3 is 2.72 bits per heavy atom. The average molecular weight is 253 g/mol. The number of rotatable bonds is 4. The van der Waals surface area contributed by atoms with Crippen LogP contribution in [0.15, 0.2) is 12.1 Å². The van der Waals surface area contributed by atoms with Crippen LogP contribution in [-0.2, 0) is 0 Å². The SMILES string of the molecule is Nc1c(F)ccc(OCC2CCCC2)c1C(=O)O.